The summed E-state index contributed by atoms with van der Waals surface area (Å²) in [5, 5.41) is 13.4. The SMILES string of the molecule is CC(C)CC(N)[C@H](O)[C@H](Cc1ccccc1)NC(=O)OC(C)(C)C. The molecular formula is C19H32N2O3. The third-order valence-corrected chi connectivity index (χ3v) is 3.60. The van der Waals surface area contributed by atoms with Crippen molar-refractivity contribution < 1.29 is 14.6 Å². The molecule has 1 aromatic carbocycles. The smallest absolute Gasteiger partial charge is 0.407 e. The van der Waals surface area contributed by atoms with E-state index in [1.54, 1.807) is 20.8 Å². The van der Waals surface area contributed by atoms with Crippen LogP contribution in [0.2, 0.25) is 0 Å². The summed E-state index contributed by atoms with van der Waals surface area (Å²) < 4.78 is 5.31. The molecule has 0 fully saturated rings. The quantitative estimate of drug-likeness (QED) is 0.715. The van der Waals surface area contributed by atoms with E-state index in [-0.39, 0.29) is 0 Å². The predicted molar refractivity (Wildman–Crippen MR) is 96.7 cm³/mol. The average molecular weight is 336 g/mol. The number of carbonyl (C=O) groups excluding carboxylic acids is 1. The van der Waals surface area contributed by atoms with Gasteiger partial charge in [-0.3, -0.25) is 0 Å². The van der Waals surface area contributed by atoms with Crippen molar-refractivity contribution in [2.24, 2.45) is 11.7 Å². The lowest BCUT2D eigenvalue weighted by atomic mass is 9.92. The fourth-order valence-corrected chi connectivity index (χ4v) is 2.57. The number of ether oxygens (including phenoxy) is 1. The van der Waals surface area contributed by atoms with Crippen LogP contribution in [0, 0.1) is 5.92 Å². The fraction of sp³-hybridized carbons (Fsp3) is 0.632. The number of aliphatic hydroxyl groups excluding tert-OH is 1. The Kier molecular flexibility index (Phi) is 7.70. The van der Waals surface area contributed by atoms with Gasteiger partial charge >= 0.3 is 6.09 Å². The van der Waals surface area contributed by atoms with Gasteiger partial charge in [0.05, 0.1) is 12.1 Å². The van der Waals surface area contributed by atoms with E-state index in [9.17, 15) is 9.90 Å². The molecule has 0 aromatic heterocycles. The minimum atomic E-state index is -0.847. The number of carbonyl (C=O) groups is 1. The minimum absolute atomic E-state index is 0.369. The molecule has 0 heterocycles. The van der Waals surface area contributed by atoms with Crippen molar-refractivity contribution in [3.63, 3.8) is 0 Å². The normalized spacial score (nSPS) is 15.7. The summed E-state index contributed by atoms with van der Waals surface area (Å²) in [5.74, 6) is 0.369. The lowest BCUT2D eigenvalue weighted by Crippen LogP contribution is -2.53. The zero-order valence-electron chi connectivity index (χ0n) is 15.5. The third kappa shape index (κ3) is 7.79. The molecule has 0 radical (unpaired) electrons. The molecule has 5 nitrogen and oxygen atoms in total. The largest absolute Gasteiger partial charge is 0.444 e. The molecule has 0 aliphatic rings. The summed E-state index contributed by atoms with van der Waals surface area (Å²) in [6.45, 7) is 9.53. The highest BCUT2D eigenvalue weighted by atomic mass is 16.6. The van der Waals surface area contributed by atoms with Crippen molar-refractivity contribution >= 4 is 6.09 Å². The van der Waals surface area contributed by atoms with Crippen LogP contribution in [0.4, 0.5) is 4.79 Å². The summed E-state index contributed by atoms with van der Waals surface area (Å²) >= 11 is 0. The number of alkyl carbamates (subject to hydrolysis) is 1. The zero-order valence-corrected chi connectivity index (χ0v) is 15.5. The topological polar surface area (TPSA) is 84.6 Å². The highest BCUT2D eigenvalue weighted by molar-refractivity contribution is 5.68. The van der Waals surface area contributed by atoms with Gasteiger partial charge in [-0.05, 0) is 45.1 Å². The lowest BCUT2D eigenvalue weighted by molar-refractivity contribution is 0.0382. The molecule has 1 rings (SSSR count). The van der Waals surface area contributed by atoms with E-state index in [4.69, 9.17) is 10.5 Å². The Morgan fingerprint density at radius 1 is 1.25 bits per heavy atom. The highest BCUT2D eigenvalue weighted by Crippen LogP contribution is 2.14. The molecule has 136 valence electrons. The van der Waals surface area contributed by atoms with E-state index >= 15 is 0 Å². The highest BCUT2D eigenvalue weighted by Gasteiger charge is 2.29. The first-order chi connectivity index (χ1) is 11.1. The van der Waals surface area contributed by atoms with Crippen molar-refractivity contribution in [3.8, 4) is 0 Å². The number of nitrogens with one attached hydrogen (secondary N) is 1. The molecule has 3 atom stereocenters. The van der Waals surface area contributed by atoms with Crippen molar-refractivity contribution in [2.45, 2.75) is 71.2 Å². The molecule has 0 bridgehead atoms. The zero-order chi connectivity index (χ0) is 18.3. The molecule has 4 N–H and O–H groups in total. The second kappa shape index (κ2) is 9.04. The van der Waals surface area contributed by atoms with Crippen LogP contribution < -0.4 is 11.1 Å². The van der Waals surface area contributed by atoms with Crippen LogP contribution in [-0.4, -0.2) is 35.0 Å². The monoisotopic (exact) mass is 336 g/mol. The maximum Gasteiger partial charge on any atom is 0.407 e. The first-order valence-corrected chi connectivity index (χ1v) is 8.55. The van der Waals surface area contributed by atoms with Crippen LogP contribution in [-0.2, 0) is 11.2 Å². The Morgan fingerprint density at radius 2 is 1.83 bits per heavy atom. The molecule has 24 heavy (non-hydrogen) atoms. The summed E-state index contributed by atoms with van der Waals surface area (Å²) in [6.07, 6.45) is -0.213. The number of rotatable bonds is 7. The molecule has 0 aliphatic heterocycles. The molecule has 5 heteroatoms. The van der Waals surface area contributed by atoms with Crippen molar-refractivity contribution in [1.82, 2.24) is 5.32 Å². The summed E-state index contributed by atoms with van der Waals surface area (Å²) in [7, 11) is 0. The molecule has 0 saturated heterocycles. The van der Waals surface area contributed by atoms with E-state index in [0.29, 0.717) is 18.8 Å². The van der Waals surface area contributed by atoms with Crippen molar-refractivity contribution in [3.05, 3.63) is 35.9 Å². The number of benzene rings is 1. The first kappa shape index (κ1) is 20.5. The van der Waals surface area contributed by atoms with Gasteiger partial charge in [-0.25, -0.2) is 4.79 Å². The van der Waals surface area contributed by atoms with Gasteiger partial charge in [0.1, 0.15) is 5.60 Å². The van der Waals surface area contributed by atoms with E-state index in [0.717, 1.165) is 5.56 Å². The van der Waals surface area contributed by atoms with E-state index < -0.39 is 29.9 Å². The van der Waals surface area contributed by atoms with Gasteiger partial charge in [0, 0.05) is 6.04 Å². The molecule has 1 unspecified atom stereocenters. The third-order valence-electron chi connectivity index (χ3n) is 3.60. The number of aliphatic hydroxyl groups is 1. The van der Waals surface area contributed by atoms with Crippen LogP contribution in [0.5, 0.6) is 0 Å². The Balaban J connectivity index is 2.84. The number of nitrogens with two attached hydrogens (primary N) is 1. The van der Waals surface area contributed by atoms with Crippen LogP contribution in [0.3, 0.4) is 0 Å². The second-order valence-electron chi connectivity index (χ2n) is 7.73. The maximum atomic E-state index is 12.1. The summed E-state index contributed by atoms with van der Waals surface area (Å²) in [5.41, 5.74) is 6.57. The number of hydrogen-bond donors (Lipinski definition) is 3. The number of hydrogen-bond acceptors (Lipinski definition) is 4. The average Bonchev–Trinajstić information content (AvgIpc) is 2.44. The molecule has 1 aromatic rings. The van der Waals surface area contributed by atoms with Gasteiger partial charge in [0.2, 0.25) is 0 Å². The number of amides is 1. The Hall–Kier alpha value is -1.59. The Bertz CT molecular complexity index is 497. The molecular weight excluding hydrogens is 304 g/mol. The van der Waals surface area contributed by atoms with Gasteiger partial charge in [-0.15, -0.1) is 0 Å². The Morgan fingerprint density at radius 3 is 2.33 bits per heavy atom. The van der Waals surface area contributed by atoms with Crippen molar-refractivity contribution in [1.29, 1.82) is 0 Å². The van der Waals surface area contributed by atoms with Crippen molar-refractivity contribution in [2.75, 3.05) is 0 Å². The minimum Gasteiger partial charge on any atom is -0.444 e. The van der Waals surface area contributed by atoms with E-state index in [2.05, 4.69) is 19.2 Å². The van der Waals surface area contributed by atoms with Crippen LogP contribution in [0.25, 0.3) is 0 Å². The lowest BCUT2D eigenvalue weighted by Gasteiger charge is -2.30. The predicted octanol–water partition coefficient (Wildman–Crippen LogP) is 2.86. The van der Waals surface area contributed by atoms with Gasteiger partial charge in [-0.2, -0.15) is 0 Å². The van der Waals surface area contributed by atoms with Gasteiger partial charge < -0.3 is 20.9 Å². The standard InChI is InChI=1S/C19H32N2O3/c1-13(2)11-15(20)17(22)16(12-14-9-7-6-8-10-14)21-18(23)24-19(3,4)5/h6-10,13,15-17,22H,11-12,20H2,1-5H3,(H,21,23)/t15?,16-,17-/m0/s1. The van der Waals surface area contributed by atoms with E-state index in [1.807, 2.05) is 30.3 Å². The molecule has 1 amide bonds. The van der Waals surface area contributed by atoms with Gasteiger partial charge in [0.15, 0.2) is 0 Å². The fourth-order valence-electron chi connectivity index (χ4n) is 2.57. The summed E-state index contributed by atoms with van der Waals surface area (Å²) in [4.78, 5) is 12.1. The molecule has 0 spiro atoms. The van der Waals surface area contributed by atoms with E-state index in [1.165, 1.54) is 0 Å². The molecule has 0 saturated carbocycles. The van der Waals surface area contributed by atoms with Crippen LogP contribution >= 0.6 is 0 Å². The Labute approximate surface area is 145 Å². The second-order valence-corrected chi connectivity index (χ2v) is 7.73. The van der Waals surface area contributed by atoms with Gasteiger partial charge in [-0.1, -0.05) is 44.2 Å². The van der Waals surface area contributed by atoms with Crippen LogP contribution in [0.1, 0.15) is 46.6 Å². The molecule has 0 aliphatic carbocycles. The van der Waals surface area contributed by atoms with Gasteiger partial charge in [0.25, 0.3) is 0 Å². The maximum absolute atomic E-state index is 12.1. The first-order valence-electron chi connectivity index (χ1n) is 8.55. The summed E-state index contributed by atoms with van der Waals surface area (Å²) in [6, 6.07) is 8.81. The van der Waals surface area contributed by atoms with Crippen LogP contribution in [0.15, 0.2) is 30.3 Å².